The third kappa shape index (κ3) is 13.4. The number of hydrogen-bond donors (Lipinski definition) is 2. The Kier molecular flexibility index (Phi) is 15.9. The minimum absolute atomic E-state index is 0.0752. The maximum Gasteiger partial charge on any atom is 0.307 e. The number of nitrogens with two attached hydrogens (primary N) is 1. The molecule has 292 valence electrons. The fourth-order valence-corrected chi connectivity index (χ4v) is 4.08. The van der Waals surface area contributed by atoms with Gasteiger partial charge >= 0.3 is 11.4 Å². The summed E-state index contributed by atoms with van der Waals surface area (Å²) in [5, 5.41) is 21.1. The third-order valence-electron chi connectivity index (χ3n) is 6.03. The Labute approximate surface area is 322 Å². The van der Waals surface area contributed by atoms with Gasteiger partial charge in [-0.1, -0.05) is 34.8 Å². The number of ether oxygens (including phenoxy) is 2. The number of nitrogens with one attached hydrogen (secondary N) is 1. The first-order chi connectivity index (χ1) is 26.3. The number of pyridine rings is 3. The number of nitrogen functional groups attached to an aromatic ring is 1. The number of aromatic nitrogens is 3. The van der Waals surface area contributed by atoms with Crippen molar-refractivity contribution in [1.29, 1.82) is 0 Å². The van der Waals surface area contributed by atoms with Gasteiger partial charge in [-0.2, -0.15) is 8.78 Å². The molecule has 0 spiro atoms. The molecule has 6 aromatic rings. The van der Waals surface area contributed by atoms with Crippen LogP contribution in [0.25, 0.3) is 0 Å². The second-order valence-electron chi connectivity index (χ2n) is 9.98. The maximum atomic E-state index is 13.5. The third-order valence-corrected chi connectivity index (χ3v) is 6.66. The molecular formula is C33H18Cl3F7N6O7. The van der Waals surface area contributed by atoms with Crippen LogP contribution in [0, 0.1) is 60.9 Å². The molecule has 0 aliphatic rings. The van der Waals surface area contributed by atoms with E-state index in [0.29, 0.717) is 17.3 Å². The molecule has 6 rings (SSSR count). The molecule has 23 heteroatoms. The van der Waals surface area contributed by atoms with Crippen LogP contribution in [0.15, 0.2) is 96.2 Å². The van der Waals surface area contributed by atoms with Crippen LogP contribution in [0.4, 0.5) is 47.8 Å². The minimum atomic E-state index is -1.45. The lowest BCUT2D eigenvalue weighted by Crippen LogP contribution is -1.96. The molecule has 3 N–H and O–H groups in total. The van der Waals surface area contributed by atoms with E-state index in [1.807, 2.05) is 0 Å². The summed E-state index contributed by atoms with van der Waals surface area (Å²) in [6.07, 6.45) is 4.21. The summed E-state index contributed by atoms with van der Waals surface area (Å²) in [4.78, 5) is 38.7. The predicted molar refractivity (Wildman–Crippen MR) is 187 cm³/mol. The number of nitro groups is 2. The van der Waals surface area contributed by atoms with Crippen molar-refractivity contribution >= 4 is 51.9 Å². The van der Waals surface area contributed by atoms with Crippen LogP contribution in [0.5, 0.6) is 23.0 Å². The molecule has 0 aliphatic carbocycles. The van der Waals surface area contributed by atoms with Crippen LogP contribution in [-0.4, -0.2) is 24.8 Å². The number of benzene rings is 3. The molecule has 13 nitrogen and oxygen atoms in total. The summed E-state index contributed by atoms with van der Waals surface area (Å²) >= 11 is 16.6. The van der Waals surface area contributed by atoms with Crippen LogP contribution in [0.2, 0.25) is 15.5 Å². The molecule has 0 bridgehead atoms. The normalized spacial score (nSPS) is 10.0. The Balaban J connectivity index is 0.000000209. The van der Waals surface area contributed by atoms with Gasteiger partial charge < -0.3 is 20.2 Å². The highest BCUT2D eigenvalue weighted by Crippen LogP contribution is 2.31. The first-order valence-corrected chi connectivity index (χ1v) is 15.6. The molecule has 3 aromatic heterocycles. The summed E-state index contributed by atoms with van der Waals surface area (Å²) in [7, 11) is 0. The van der Waals surface area contributed by atoms with Gasteiger partial charge in [0.1, 0.15) is 32.8 Å². The zero-order valence-corrected chi connectivity index (χ0v) is 29.4. The summed E-state index contributed by atoms with van der Waals surface area (Å²) in [6.45, 7) is 0. The fraction of sp³-hybridized carbons (Fsp3) is 0. The van der Waals surface area contributed by atoms with Crippen molar-refractivity contribution in [3.8, 4) is 23.0 Å². The molecule has 0 amide bonds. The fourth-order valence-electron chi connectivity index (χ4n) is 3.58. The molecule has 0 radical (unpaired) electrons. The van der Waals surface area contributed by atoms with E-state index in [2.05, 4.69) is 15.0 Å². The Morgan fingerprint density at radius 2 is 1.04 bits per heavy atom. The van der Waals surface area contributed by atoms with Gasteiger partial charge in [0, 0.05) is 67.1 Å². The average Bonchev–Trinajstić information content (AvgIpc) is 3.11. The monoisotopic (exact) mass is 848 g/mol. The summed E-state index contributed by atoms with van der Waals surface area (Å²) in [6, 6.07) is 11.4. The molecule has 0 atom stereocenters. The predicted octanol–water partition coefficient (Wildman–Crippen LogP) is 10.1. The van der Waals surface area contributed by atoms with Crippen LogP contribution < -0.4 is 20.6 Å². The van der Waals surface area contributed by atoms with Crippen LogP contribution in [0.1, 0.15) is 0 Å². The van der Waals surface area contributed by atoms with Gasteiger partial charge in [-0.15, -0.1) is 0 Å². The van der Waals surface area contributed by atoms with E-state index in [1.54, 1.807) is 0 Å². The summed E-state index contributed by atoms with van der Waals surface area (Å²) in [5.74, 6) is -8.38. The van der Waals surface area contributed by atoms with E-state index in [4.69, 9.17) is 50.0 Å². The standard InChI is InChI=1S/C11H5ClF2N2O3.C11H7ClF2N2O.C6H2F3NO2.C5H4ClNO/c12-11-3-6(1-2-15-11)19-10-5-7(13)9(16(17)18)4-8(10)14;12-11-3-6(1-2-16-11)17-10-5-7(13)9(15)4-8(10)14;7-3-1-5(9)6(10(11)12)2-4(3)8;6-5-3-4(8)1-2-7-5/h1-5H;1-5H,15H2;1-2H;1-3H,(H,7,8). The molecule has 0 unspecified atom stereocenters. The van der Waals surface area contributed by atoms with Crippen molar-refractivity contribution in [1.82, 2.24) is 15.0 Å². The van der Waals surface area contributed by atoms with Gasteiger partial charge in [-0.05, 0) is 12.1 Å². The smallest absolute Gasteiger partial charge is 0.307 e. The largest absolute Gasteiger partial charge is 0.454 e. The number of anilines is 1. The number of halogens is 10. The zero-order valence-electron chi connectivity index (χ0n) is 27.2. The topological polar surface area (TPSA) is 189 Å². The molecule has 0 saturated heterocycles. The van der Waals surface area contributed by atoms with Gasteiger partial charge in [-0.3, -0.25) is 25.0 Å². The number of nitrogens with zero attached hydrogens (tertiary/aromatic N) is 4. The molecule has 3 aromatic carbocycles. The Morgan fingerprint density at radius 1 is 0.589 bits per heavy atom. The van der Waals surface area contributed by atoms with E-state index >= 15 is 0 Å². The minimum Gasteiger partial charge on any atom is -0.454 e. The van der Waals surface area contributed by atoms with Gasteiger partial charge in [0.15, 0.2) is 40.2 Å². The highest BCUT2D eigenvalue weighted by molar-refractivity contribution is 6.30. The average molecular weight is 850 g/mol. The number of hydrogen-bond acceptors (Lipinski definition) is 10. The van der Waals surface area contributed by atoms with Crippen molar-refractivity contribution in [3.05, 3.63) is 178 Å². The SMILES string of the molecule is Nc1cc(F)c(Oc2ccnc(Cl)c2)cc1F.O=[N+]([O-])c1cc(F)c(F)cc1F.O=[N+]([O-])c1cc(F)c(Oc2ccnc(Cl)c2)cc1F.O=c1cc[nH]c(Cl)c1. The van der Waals surface area contributed by atoms with Crippen LogP contribution in [-0.2, 0) is 0 Å². The number of rotatable bonds is 6. The second kappa shape index (κ2) is 20.2. The highest BCUT2D eigenvalue weighted by Gasteiger charge is 2.20. The van der Waals surface area contributed by atoms with Crippen molar-refractivity contribution in [3.63, 3.8) is 0 Å². The lowest BCUT2D eigenvalue weighted by molar-refractivity contribution is -0.387. The highest BCUT2D eigenvalue weighted by atomic mass is 35.5. The van der Waals surface area contributed by atoms with Gasteiger partial charge in [-0.25, -0.2) is 31.9 Å². The van der Waals surface area contributed by atoms with Gasteiger partial charge in [0.25, 0.3) is 0 Å². The van der Waals surface area contributed by atoms with E-state index < -0.39 is 67.7 Å². The Hall–Kier alpha value is -6.51. The number of H-pyrrole nitrogens is 1. The first-order valence-electron chi connectivity index (χ1n) is 14.4. The van der Waals surface area contributed by atoms with E-state index in [-0.39, 0.29) is 50.8 Å². The van der Waals surface area contributed by atoms with Crippen LogP contribution >= 0.6 is 34.8 Å². The molecule has 3 heterocycles. The molecule has 0 aliphatic heterocycles. The Bertz CT molecular complexity index is 2430. The summed E-state index contributed by atoms with van der Waals surface area (Å²) in [5.41, 5.74) is 2.82. The number of aromatic amines is 1. The van der Waals surface area contributed by atoms with E-state index in [1.165, 1.54) is 55.0 Å². The van der Waals surface area contributed by atoms with Gasteiger partial charge in [0.2, 0.25) is 11.6 Å². The van der Waals surface area contributed by atoms with Crippen molar-refractivity contribution in [2.45, 2.75) is 0 Å². The molecule has 0 fully saturated rings. The lowest BCUT2D eigenvalue weighted by Gasteiger charge is -2.07. The first kappa shape index (κ1) is 43.9. The maximum absolute atomic E-state index is 13.5. The van der Waals surface area contributed by atoms with Gasteiger partial charge in [0.05, 0.1) is 27.7 Å². The van der Waals surface area contributed by atoms with Crippen LogP contribution in [0.3, 0.4) is 0 Å². The van der Waals surface area contributed by atoms with E-state index in [9.17, 15) is 55.8 Å². The Morgan fingerprint density at radius 3 is 1.48 bits per heavy atom. The molecule has 0 saturated carbocycles. The molecular weight excluding hydrogens is 832 g/mol. The van der Waals surface area contributed by atoms with Crippen molar-refractivity contribution < 1.29 is 50.1 Å². The van der Waals surface area contributed by atoms with E-state index in [0.717, 1.165) is 12.1 Å². The quantitative estimate of drug-likeness (QED) is 0.0407. The van der Waals surface area contributed by atoms with Crippen molar-refractivity contribution in [2.24, 2.45) is 0 Å². The summed E-state index contributed by atoms with van der Waals surface area (Å²) < 4.78 is 100. The second-order valence-corrected chi connectivity index (χ2v) is 11.2. The zero-order chi connectivity index (χ0) is 41.7. The lowest BCUT2D eigenvalue weighted by atomic mass is 10.3. The van der Waals surface area contributed by atoms with Crippen molar-refractivity contribution in [2.75, 3.05) is 5.73 Å². The molecule has 56 heavy (non-hydrogen) atoms. The number of nitro benzene ring substituents is 2.